The third-order valence-corrected chi connectivity index (χ3v) is 3.49. The molecule has 0 bridgehead atoms. The summed E-state index contributed by atoms with van der Waals surface area (Å²) >= 11 is 0. The molecule has 0 aliphatic rings. The van der Waals surface area contributed by atoms with Crippen LogP contribution in [0.15, 0.2) is 36.4 Å². The van der Waals surface area contributed by atoms with Gasteiger partial charge in [0.05, 0.1) is 27.8 Å². The topological polar surface area (TPSA) is 56.8 Å². The summed E-state index contributed by atoms with van der Waals surface area (Å²) in [6, 6.07) is 9.41. The van der Waals surface area contributed by atoms with E-state index < -0.39 is 0 Å². The summed E-state index contributed by atoms with van der Waals surface area (Å²) in [7, 11) is 4.60. The van der Waals surface area contributed by atoms with Crippen LogP contribution in [0.25, 0.3) is 0 Å². The Kier molecular flexibility index (Phi) is 6.01. The van der Waals surface area contributed by atoms with Gasteiger partial charge in [-0.1, -0.05) is 12.1 Å². The Labute approximate surface area is 140 Å². The van der Waals surface area contributed by atoms with E-state index in [0.717, 1.165) is 11.1 Å². The first-order valence-corrected chi connectivity index (χ1v) is 7.37. The molecule has 0 spiro atoms. The first-order chi connectivity index (χ1) is 11.6. The lowest BCUT2D eigenvalue weighted by molar-refractivity contribution is -0.120. The van der Waals surface area contributed by atoms with Crippen LogP contribution in [0.4, 0.5) is 4.39 Å². The van der Waals surface area contributed by atoms with E-state index in [1.807, 2.05) is 0 Å². The normalized spacial score (nSPS) is 10.2. The van der Waals surface area contributed by atoms with Gasteiger partial charge in [0, 0.05) is 6.54 Å². The standard InChI is InChI=1S/C18H20FNO4/c1-22-15-8-13(9-16(23-2)18(15)24-3)11-20-17(21)10-12-4-6-14(19)7-5-12/h4-9H,10-11H2,1-3H3,(H,20,21). The molecule has 1 amide bonds. The van der Waals surface area contributed by atoms with E-state index in [2.05, 4.69) is 5.32 Å². The second-order valence-corrected chi connectivity index (χ2v) is 5.11. The molecule has 0 aliphatic heterocycles. The first kappa shape index (κ1) is 17.6. The molecule has 2 rings (SSSR count). The third-order valence-electron chi connectivity index (χ3n) is 3.49. The van der Waals surface area contributed by atoms with Crippen molar-refractivity contribution in [2.45, 2.75) is 13.0 Å². The molecule has 24 heavy (non-hydrogen) atoms. The second-order valence-electron chi connectivity index (χ2n) is 5.11. The van der Waals surface area contributed by atoms with Crippen molar-refractivity contribution < 1.29 is 23.4 Å². The molecule has 2 aromatic rings. The van der Waals surface area contributed by atoms with Crippen molar-refractivity contribution in [2.24, 2.45) is 0 Å². The minimum Gasteiger partial charge on any atom is -0.493 e. The van der Waals surface area contributed by atoms with Crippen molar-refractivity contribution in [3.63, 3.8) is 0 Å². The molecule has 0 heterocycles. The largest absolute Gasteiger partial charge is 0.493 e. The van der Waals surface area contributed by atoms with Gasteiger partial charge >= 0.3 is 0 Å². The Morgan fingerprint density at radius 1 is 0.958 bits per heavy atom. The fourth-order valence-electron chi connectivity index (χ4n) is 2.29. The highest BCUT2D eigenvalue weighted by Gasteiger charge is 2.13. The van der Waals surface area contributed by atoms with E-state index >= 15 is 0 Å². The quantitative estimate of drug-likeness (QED) is 0.846. The molecular weight excluding hydrogens is 313 g/mol. The van der Waals surface area contributed by atoms with Gasteiger partial charge in [-0.25, -0.2) is 4.39 Å². The van der Waals surface area contributed by atoms with Crippen molar-refractivity contribution in [1.82, 2.24) is 5.32 Å². The van der Waals surface area contributed by atoms with Crippen molar-refractivity contribution in [2.75, 3.05) is 21.3 Å². The molecule has 6 heteroatoms. The van der Waals surface area contributed by atoms with E-state index in [4.69, 9.17) is 14.2 Å². The summed E-state index contributed by atoms with van der Waals surface area (Å²) in [6.07, 6.45) is 0.185. The lowest BCUT2D eigenvalue weighted by Crippen LogP contribution is -2.24. The van der Waals surface area contributed by atoms with Gasteiger partial charge in [0.25, 0.3) is 0 Å². The van der Waals surface area contributed by atoms with Crippen LogP contribution in [0.2, 0.25) is 0 Å². The molecule has 0 unspecified atom stereocenters. The van der Waals surface area contributed by atoms with Gasteiger partial charge < -0.3 is 19.5 Å². The highest BCUT2D eigenvalue weighted by atomic mass is 19.1. The lowest BCUT2D eigenvalue weighted by atomic mass is 10.1. The SMILES string of the molecule is COc1cc(CNC(=O)Cc2ccc(F)cc2)cc(OC)c1OC. The van der Waals surface area contributed by atoms with Gasteiger partial charge in [-0.2, -0.15) is 0 Å². The minimum atomic E-state index is -0.323. The van der Waals surface area contributed by atoms with Crippen molar-refractivity contribution in [1.29, 1.82) is 0 Å². The molecule has 5 nitrogen and oxygen atoms in total. The molecule has 0 aromatic heterocycles. The maximum absolute atomic E-state index is 12.9. The fraction of sp³-hybridized carbons (Fsp3) is 0.278. The maximum Gasteiger partial charge on any atom is 0.224 e. The lowest BCUT2D eigenvalue weighted by Gasteiger charge is -2.14. The zero-order chi connectivity index (χ0) is 17.5. The van der Waals surface area contributed by atoms with Crippen LogP contribution in [0.1, 0.15) is 11.1 Å². The van der Waals surface area contributed by atoms with Gasteiger partial charge in [-0.3, -0.25) is 4.79 Å². The number of ether oxygens (including phenoxy) is 3. The fourth-order valence-corrected chi connectivity index (χ4v) is 2.29. The Balaban J connectivity index is 2.03. The van der Waals surface area contributed by atoms with Crippen LogP contribution in [-0.4, -0.2) is 27.2 Å². The smallest absolute Gasteiger partial charge is 0.224 e. The van der Waals surface area contributed by atoms with Crippen LogP contribution in [0.3, 0.4) is 0 Å². The summed E-state index contributed by atoms with van der Waals surface area (Å²) in [4.78, 5) is 12.0. The van der Waals surface area contributed by atoms with Crippen LogP contribution in [-0.2, 0) is 17.8 Å². The van der Waals surface area contributed by atoms with Gasteiger partial charge in [0.1, 0.15) is 5.82 Å². The van der Waals surface area contributed by atoms with Crippen LogP contribution in [0, 0.1) is 5.82 Å². The summed E-state index contributed by atoms with van der Waals surface area (Å²) in [5.74, 6) is 1.08. The first-order valence-electron chi connectivity index (χ1n) is 7.37. The summed E-state index contributed by atoms with van der Waals surface area (Å²) < 4.78 is 28.7. The van der Waals surface area contributed by atoms with E-state index in [1.54, 1.807) is 24.3 Å². The van der Waals surface area contributed by atoms with Crippen LogP contribution in [0.5, 0.6) is 17.2 Å². The minimum absolute atomic E-state index is 0.157. The molecule has 0 saturated carbocycles. The van der Waals surface area contributed by atoms with E-state index in [0.29, 0.717) is 23.8 Å². The van der Waals surface area contributed by atoms with Crippen LogP contribution < -0.4 is 19.5 Å². The zero-order valence-corrected chi connectivity index (χ0v) is 13.9. The molecular formula is C18H20FNO4. The number of carbonyl (C=O) groups is 1. The van der Waals surface area contributed by atoms with Crippen molar-refractivity contribution in [3.05, 3.63) is 53.3 Å². The maximum atomic E-state index is 12.9. The van der Waals surface area contributed by atoms with E-state index in [1.165, 1.54) is 33.5 Å². The summed E-state index contributed by atoms with van der Waals surface area (Å²) in [6.45, 7) is 0.316. The van der Waals surface area contributed by atoms with E-state index in [-0.39, 0.29) is 18.1 Å². The highest BCUT2D eigenvalue weighted by Crippen LogP contribution is 2.38. The molecule has 0 aliphatic carbocycles. The Hall–Kier alpha value is -2.76. The van der Waals surface area contributed by atoms with Crippen LogP contribution >= 0.6 is 0 Å². The molecule has 2 aromatic carbocycles. The number of rotatable bonds is 7. The Bertz CT molecular complexity index is 676. The second kappa shape index (κ2) is 8.19. The number of carbonyl (C=O) groups excluding carboxylic acids is 1. The molecule has 0 fully saturated rings. The average Bonchev–Trinajstić information content (AvgIpc) is 2.60. The highest BCUT2D eigenvalue weighted by molar-refractivity contribution is 5.78. The number of nitrogens with one attached hydrogen (secondary N) is 1. The third kappa shape index (κ3) is 4.38. The predicted molar refractivity (Wildman–Crippen MR) is 88.0 cm³/mol. The summed E-state index contributed by atoms with van der Waals surface area (Å²) in [5.41, 5.74) is 1.57. The zero-order valence-electron chi connectivity index (χ0n) is 13.9. The van der Waals surface area contributed by atoms with Crippen molar-refractivity contribution >= 4 is 5.91 Å². The number of halogens is 1. The average molecular weight is 333 g/mol. The molecule has 0 atom stereocenters. The molecule has 0 saturated heterocycles. The monoisotopic (exact) mass is 333 g/mol. The Morgan fingerprint density at radius 2 is 1.54 bits per heavy atom. The molecule has 128 valence electrons. The number of methoxy groups -OCH3 is 3. The van der Waals surface area contributed by atoms with Crippen molar-refractivity contribution in [3.8, 4) is 17.2 Å². The number of amides is 1. The van der Waals surface area contributed by atoms with Gasteiger partial charge in [-0.05, 0) is 35.4 Å². The van der Waals surface area contributed by atoms with Gasteiger partial charge in [0.2, 0.25) is 11.7 Å². The molecule has 0 radical (unpaired) electrons. The number of hydrogen-bond donors (Lipinski definition) is 1. The number of benzene rings is 2. The van der Waals surface area contributed by atoms with Gasteiger partial charge in [-0.15, -0.1) is 0 Å². The predicted octanol–water partition coefficient (Wildman–Crippen LogP) is 2.71. The van der Waals surface area contributed by atoms with Gasteiger partial charge in [0.15, 0.2) is 11.5 Å². The number of hydrogen-bond acceptors (Lipinski definition) is 4. The Morgan fingerprint density at radius 3 is 2.04 bits per heavy atom. The van der Waals surface area contributed by atoms with E-state index in [9.17, 15) is 9.18 Å². The summed E-state index contributed by atoms with van der Waals surface area (Å²) in [5, 5.41) is 2.82. The molecule has 1 N–H and O–H groups in total.